The van der Waals surface area contributed by atoms with Crippen LogP contribution in [0.1, 0.15) is 28.2 Å². The van der Waals surface area contributed by atoms with Gasteiger partial charge in [-0.1, -0.05) is 0 Å². The van der Waals surface area contributed by atoms with Crippen LogP contribution in [0.2, 0.25) is 0 Å². The maximum absolute atomic E-state index is 12.7. The summed E-state index contributed by atoms with van der Waals surface area (Å²) in [5.41, 5.74) is 1.12. The van der Waals surface area contributed by atoms with E-state index in [1.807, 2.05) is 13.1 Å². The van der Waals surface area contributed by atoms with E-state index in [9.17, 15) is 14.4 Å². The molecule has 3 N–H and O–H groups in total. The predicted octanol–water partition coefficient (Wildman–Crippen LogP) is 1.26. The van der Waals surface area contributed by atoms with Crippen LogP contribution in [0.5, 0.6) is 0 Å². The smallest absolute Gasteiger partial charge is 0.259 e. The van der Waals surface area contributed by atoms with Crippen LogP contribution in [0, 0.1) is 11.3 Å². The molecule has 0 spiro atoms. The molecule has 4 rings (SSSR count). The molecule has 1 amide bonds. The number of aromatic nitrogens is 2. The highest BCUT2D eigenvalue weighted by Crippen LogP contribution is 2.17. The average Bonchev–Trinajstić information content (AvgIpc) is 2.80. The van der Waals surface area contributed by atoms with Gasteiger partial charge in [0.05, 0.1) is 22.5 Å². The molecule has 0 radical (unpaired) electrons. The highest BCUT2D eigenvalue weighted by molar-refractivity contribution is 6.07. The largest absolute Gasteiger partial charge is 0.326 e. The van der Waals surface area contributed by atoms with Crippen LogP contribution in [-0.4, -0.2) is 59.3 Å². The van der Waals surface area contributed by atoms with Crippen molar-refractivity contribution in [1.29, 1.82) is 5.26 Å². The minimum absolute atomic E-state index is 0.0863. The number of likely N-dealkylation sites (N-methyl/N-ethyl adjacent to an activating group) is 1. The van der Waals surface area contributed by atoms with Gasteiger partial charge >= 0.3 is 0 Å². The summed E-state index contributed by atoms with van der Waals surface area (Å²) >= 11 is 0. The Balaban J connectivity index is 1.53. The van der Waals surface area contributed by atoms with Crippen LogP contribution in [-0.2, 0) is 4.79 Å². The van der Waals surface area contributed by atoms with Crippen LogP contribution >= 0.6 is 0 Å². The quantitative estimate of drug-likeness (QED) is 0.519. The predicted molar refractivity (Wildman–Crippen MR) is 119 cm³/mol. The van der Waals surface area contributed by atoms with E-state index in [1.165, 1.54) is 24.3 Å². The zero-order valence-electron chi connectivity index (χ0n) is 17.5. The second-order valence-corrected chi connectivity index (χ2v) is 7.76. The fourth-order valence-corrected chi connectivity index (χ4v) is 3.67. The highest BCUT2D eigenvalue weighted by Gasteiger charge is 2.21. The summed E-state index contributed by atoms with van der Waals surface area (Å²) in [5.74, 6) is -0.671. The molecule has 1 unspecified atom stereocenters. The lowest BCUT2D eigenvalue weighted by atomic mass is 10.1. The Morgan fingerprint density at radius 3 is 2.75 bits per heavy atom. The number of piperazine rings is 1. The molecule has 9 nitrogen and oxygen atoms in total. The molecular weight excluding hydrogens is 408 g/mol. The Morgan fingerprint density at radius 2 is 2.03 bits per heavy atom. The number of rotatable bonds is 5. The number of hydrogen-bond acceptors (Lipinski definition) is 7. The van der Waals surface area contributed by atoms with E-state index in [1.54, 1.807) is 18.2 Å². The molecule has 1 aromatic heterocycles. The van der Waals surface area contributed by atoms with Crippen molar-refractivity contribution in [3.05, 3.63) is 69.8 Å². The molecule has 32 heavy (non-hydrogen) atoms. The molecule has 1 fully saturated rings. The molecule has 1 aliphatic rings. The van der Waals surface area contributed by atoms with Crippen molar-refractivity contribution < 1.29 is 9.59 Å². The average molecular weight is 430 g/mol. The number of hydrogen-bond donors (Lipinski definition) is 3. The first kappa shape index (κ1) is 21.4. The van der Waals surface area contributed by atoms with Crippen molar-refractivity contribution >= 4 is 28.3 Å². The second kappa shape index (κ2) is 9.09. The van der Waals surface area contributed by atoms with Gasteiger partial charge in [-0.2, -0.15) is 5.26 Å². The first-order valence-corrected chi connectivity index (χ1v) is 10.2. The number of H-pyrrole nitrogens is 1. The number of benzene rings is 2. The number of amides is 1. The van der Waals surface area contributed by atoms with Gasteiger partial charge in [-0.25, -0.2) is 4.98 Å². The van der Waals surface area contributed by atoms with Gasteiger partial charge < -0.3 is 20.5 Å². The van der Waals surface area contributed by atoms with Crippen LogP contribution in [0.25, 0.3) is 10.9 Å². The van der Waals surface area contributed by atoms with Crippen molar-refractivity contribution in [2.75, 3.05) is 32.0 Å². The van der Waals surface area contributed by atoms with E-state index >= 15 is 0 Å². The number of nitriles is 1. The molecule has 162 valence electrons. The van der Waals surface area contributed by atoms with Crippen molar-refractivity contribution in [3.63, 3.8) is 0 Å². The van der Waals surface area contributed by atoms with Gasteiger partial charge in [0, 0.05) is 43.3 Å². The fourth-order valence-electron chi connectivity index (χ4n) is 3.67. The standard InChI is InChI=1S/C23H22N6O3/c1-29-9-8-25-13-17(29)11-20(30)26-16-6-7-19-18(10-16)23(32)28-22(27-19)21(31)15-4-2-14(12-24)3-5-15/h2-7,10,17,25H,8-9,11,13H2,1H3,(H,26,30)(H,27,28,32). The van der Waals surface area contributed by atoms with Gasteiger partial charge in [-0.15, -0.1) is 0 Å². The number of ketones is 1. The molecule has 1 aliphatic heterocycles. The van der Waals surface area contributed by atoms with Crippen LogP contribution in [0.3, 0.4) is 0 Å². The number of nitrogens with zero attached hydrogens (tertiary/aromatic N) is 3. The summed E-state index contributed by atoms with van der Waals surface area (Å²) in [7, 11) is 2.00. The van der Waals surface area contributed by atoms with Crippen LogP contribution < -0.4 is 16.2 Å². The summed E-state index contributed by atoms with van der Waals surface area (Å²) in [6.45, 7) is 2.55. The highest BCUT2D eigenvalue weighted by atomic mass is 16.2. The van der Waals surface area contributed by atoms with Crippen LogP contribution in [0.15, 0.2) is 47.3 Å². The topological polar surface area (TPSA) is 131 Å². The fraction of sp³-hybridized carbons (Fsp3) is 0.261. The lowest BCUT2D eigenvalue weighted by molar-refractivity contribution is -0.117. The molecule has 1 atom stereocenters. The summed E-state index contributed by atoms with van der Waals surface area (Å²) in [6, 6.07) is 13.0. The van der Waals surface area contributed by atoms with E-state index in [2.05, 4.69) is 25.5 Å². The van der Waals surface area contributed by atoms with Crippen molar-refractivity contribution in [1.82, 2.24) is 20.2 Å². The van der Waals surface area contributed by atoms with E-state index in [-0.39, 0.29) is 23.2 Å². The molecule has 2 aromatic carbocycles. The van der Waals surface area contributed by atoms with Crippen molar-refractivity contribution in [2.24, 2.45) is 0 Å². The molecule has 0 aliphatic carbocycles. The number of fused-ring (bicyclic) bond motifs is 1. The zero-order chi connectivity index (χ0) is 22.7. The second-order valence-electron chi connectivity index (χ2n) is 7.76. The third-order valence-corrected chi connectivity index (χ3v) is 5.55. The van der Waals surface area contributed by atoms with Gasteiger partial charge in [-0.3, -0.25) is 14.4 Å². The lowest BCUT2D eigenvalue weighted by Gasteiger charge is -2.32. The number of anilines is 1. The zero-order valence-corrected chi connectivity index (χ0v) is 17.5. The first-order valence-electron chi connectivity index (χ1n) is 10.2. The Hall–Kier alpha value is -3.87. The van der Waals surface area contributed by atoms with Crippen LogP contribution in [0.4, 0.5) is 5.69 Å². The number of nitrogens with one attached hydrogen (secondary N) is 3. The molecule has 0 bridgehead atoms. The summed E-state index contributed by atoms with van der Waals surface area (Å²) in [6.07, 6.45) is 0.341. The minimum Gasteiger partial charge on any atom is -0.326 e. The van der Waals surface area contributed by atoms with E-state index in [0.29, 0.717) is 28.8 Å². The Morgan fingerprint density at radius 1 is 1.25 bits per heavy atom. The maximum Gasteiger partial charge on any atom is 0.259 e. The number of carbonyl (C=O) groups is 2. The lowest BCUT2D eigenvalue weighted by Crippen LogP contribution is -2.50. The summed E-state index contributed by atoms with van der Waals surface area (Å²) in [5, 5.41) is 15.3. The van der Waals surface area contributed by atoms with Gasteiger partial charge in [-0.05, 0) is 49.5 Å². The van der Waals surface area contributed by atoms with E-state index < -0.39 is 11.3 Å². The third-order valence-electron chi connectivity index (χ3n) is 5.55. The molecule has 1 saturated heterocycles. The normalized spacial score (nSPS) is 16.4. The summed E-state index contributed by atoms with van der Waals surface area (Å²) in [4.78, 5) is 46.7. The minimum atomic E-state index is -0.473. The maximum atomic E-state index is 12.7. The molecular formula is C23H22N6O3. The monoisotopic (exact) mass is 430 g/mol. The number of aromatic amines is 1. The third kappa shape index (κ3) is 4.56. The molecule has 3 aromatic rings. The van der Waals surface area contributed by atoms with E-state index in [0.717, 1.165) is 19.6 Å². The Labute approximate surface area is 184 Å². The SMILES string of the molecule is CN1CCNCC1CC(=O)Nc1ccc2nc(C(=O)c3ccc(C#N)cc3)[nH]c(=O)c2c1. The molecule has 0 saturated carbocycles. The van der Waals surface area contributed by atoms with E-state index in [4.69, 9.17) is 5.26 Å². The Kier molecular flexibility index (Phi) is 6.07. The van der Waals surface area contributed by atoms with Gasteiger partial charge in [0.1, 0.15) is 0 Å². The van der Waals surface area contributed by atoms with Crippen molar-refractivity contribution in [3.8, 4) is 6.07 Å². The first-order chi connectivity index (χ1) is 15.4. The summed E-state index contributed by atoms with van der Waals surface area (Å²) < 4.78 is 0. The molecule has 9 heteroatoms. The van der Waals surface area contributed by atoms with Gasteiger partial charge in [0.2, 0.25) is 11.7 Å². The van der Waals surface area contributed by atoms with Gasteiger partial charge in [0.25, 0.3) is 5.56 Å². The van der Waals surface area contributed by atoms with Crippen molar-refractivity contribution in [2.45, 2.75) is 12.5 Å². The van der Waals surface area contributed by atoms with Gasteiger partial charge in [0.15, 0.2) is 5.82 Å². The molecule has 2 heterocycles. The number of carbonyl (C=O) groups excluding carboxylic acids is 2. The Bertz CT molecular complexity index is 1280.